The zero-order chi connectivity index (χ0) is 19.5. The van der Waals surface area contributed by atoms with E-state index in [2.05, 4.69) is 5.32 Å². The van der Waals surface area contributed by atoms with E-state index in [4.69, 9.17) is 0 Å². The molecule has 2 aromatic rings. The summed E-state index contributed by atoms with van der Waals surface area (Å²) >= 11 is 0. The molecule has 6 nitrogen and oxygen atoms in total. The maximum absolute atomic E-state index is 12.9. The Hall–Kier alpha value is -3.10. The number of carbonyl (C=O) groups is 1. The van der Waals surface area contributed by atoms with Gasteiger partial charge in [-0.2, -0.15) is 13.2 Å². The lowest BCUT2D eigenvalue weighted by molar-refractivity contribution is -0.385. The molecule has 0 spiro atoms. The number of amides is 1. The van der Waals surface area contributed by atoms with Crippen molar-refractivity contribution in [3.63, 3.8) is 0 Å². The van der Waals surface area contributed by atoms with Gasteiger partial charge in [-0.1, -0.05) is 18.2 Å². The van der Waals surface area contributed by atoms with E-state index in [0.717, 1.165) is 12.1 Å². The summed E-state index contributed by atoms with van der Waals surface area (Å²) in [5.74, 6) is -0.651. The molecule has 138 valence electrons. The van der Waals surface area contributed by atoms with Gasteiger partial charge in [-0.15, -0.1) is 0 Å². The Morgan fingerprint density at radius 2 is 1.85 bits per heavy atom. The molecule has 0 atom stereocenters. The van der Waals surface area contributed by atoms with Crippen LogP contribution in [0.5, 0.6) is 0 Å². The van der Waals surface area contributed by atoms with Crippen molar-refractivity contribution in [1.29, 1.82) is 0 Å². The zero-order valence-electron chi connectivity index (χ0n) is 14.0. The first kappa shape index (κ1) is 19.2. The molecule has 1 amide bonds. The summed E-state index contributed by atoms with van der Waals surface area (Å²) in [7, 11) is 3.25. The predicted molar refractivity (Wildman–Crippen MR) is 91.2 cm³/mol. The Kier molecular flexibility index (Phi) is 5.49. The van der Waals surface area contributed by atoms with Crippen LogP contribution in [-0.2, 0) is 17.4 Å². The SMILES string of the molecule is CN(C)c1ccc(C(F)(F)F)cc1NC(=O)Cc1ccccc1[N+](=O)[O-]. The Morgan fingerprint density at radius 1 is 1.19 bits per heavy atom. The molecule has 0 aliphatic rings. The van der Waals surface area contributed by atoms with Gasteiger partial charge in [-0.3, -0.25) is 14.9 Å². The number of benzene rings is 2. The quantitative estimate of drug-likeness (QED) is 0.643. The van der Waals surface area contributed by atoms with Gasteiger partial charge in [0.15, 0.2) is 0 Å². The van der Waals surface area contributed by atoms with Crippen LogP contribution in [0, 0.1) is 10.1 Å². The minimum Gasteiger partial charge on any atom is -0.376 e. The summed E-state index contributed by atoms with van der Waals surface area (Å²) < 4.78 is 38.8. The van der Waals surface area contributed by atoms with E-state index in [0.29, 0.717) is 5.69 Å². The number of nitro benzene ring substituents is 1. The third-order valence-electron chi connectivity index (χ3n) is 3.62. The van der Waals surface area contributed by atoms with E-state index < -0.39 is 22.6 Å². The average Bonchev–Trinajstić information content (AvgIpc) is 2.53. The van der Waals surface area contributed by atoms with Gasteiger partial charge in [0.2, 0.25) is 5.91 Å². The molecule has 0 unspecified atom stereocenters. The Labute approximate surface area is 147 Å². The number of nitrogens with zero attached hydrogens (tertiary/aromatic N) is 2. The summed E-state index contributed by atoms with van der Waals surface area (Å²) in [5, 5.41) is 13.4. The summed E-state index contributed by atoms with van der Waals surface area (Å²) in [6.45, 7) is 0. The molecule has 0 bridgehead atoms. The maximum atomic E-state index is 12.9. The van der Waals surface area contributed by atoms with E-state index in [-0.39, 0.29) is 23.4 Å². The Bertz CT molecular complexity index is 835. The fourth-order valence-corrected chi connectivity index (χ4v) is 2.41. The van der Waals surface area contributed by atoms with E-state index in [1.165, 1.54) is 24.3 Å². The number of carbonyl (C=O) groups excluding carboxylic acids is 1. The molecular formula is C17H16F3N3O3. The monoisotopic (exact) mass is 367 g/mol. The van der Waals surface area contributed by atoms with Crippen molar-refractivity contribution in [2.45, 2.75) is 12.6 Å². The van der Waals surface area contributed by atoms with Crippen molar-refractivity contribution in [2.75, 3.05) is 24.3 Å². The molecule has 0 aliphatic carbocycles. The lowest BCUT2D eigenvalue weighted by atomic mass is 10.1. The van der Waals surface area contributed by atoms with Crippen molar-refractivity contribution in [3.05, 3.63) is 63.7 Å². The van der Waals surface area contributed by atoms with Gasteiger partial charge in [0.25, 0.3) is 5.69 Å². The van der Waals surface area contributed by atoms with Gasteiger partial charge < -0.3 is 10.2 Å². The van der Waals surface area contributed by atoms with Gasteiger partial charge in [0.1, 0.15) is 0 Å². The Morgan fingerprint density at radius 3 is 2.42 bits per heavy atom. The van der Waals surface area contributed by atoms with Crippen LogP contribution < -0.4 is 10.2 Å². The maximum Gasteiger partial charge on any atom is 0.416 e. The summed E-state index contributed by atoms with van der Waals surface area (Å²) in [6, 6.07) is 8.72. The summed E-state index contributed by atoms with van der Waals surface area (Å²) in [5.41, 5.74) is -0.584. The number of para-hydroxylation sites is 1. The second-order valence-electron chi connectivity index (χ2n) is 5.73. The molecule has 9 heteroatoms. The van der Waals surface area contributed by atoms with Gasteiger partial charge >= 0.3 is 6.18 Å². The normalized spacial score (nSPS) is 11.1. The second-order valence-corrected chi connectivity index (χ2v) is 5.73. The van der Waals surface area contributed by atoms with Crippen LogP contribution in [0.4, 0.5) is 30.2 Å². The molecule has 1 N–H and O–H groups in total. The van der Waals surface area contributed by atoms with Crippen molar-refractivity contribution >= 4 is 23.0 Å². The van der Waals surface area contributed by atoms with Crippen LogP contribution in [0.3, 0.4) is 0 Å². The van der Waals surface area contributed by atoms with Crippen LogP contribution in [0.1, 0.15) is 11.1 Å². The number of halogens is 3. The molecule has 0 saturated heterocycles. The fraction of sp³-hybridized carbons (Fsp3) is 0.235. The molecule has 0 fully saturated rings. The highest BCUT2D eigenvalue weighted by Gasteiger charge is 2.31. The molecular weight excluding hydrogens is 351 g/mol. The molecule has 0 radical (unpaired) electrons. The van der Waals surface area contributed by atoms with Crippen LogP contribution in [0.15, 0.2) is 42.5 Å². The van der Waals surface area contributed by atoms with Gasteiger partial charge in [-0.25, -0.2) is 0 Å². The van der Waals surface area contributed by atoms with Gasteiger partial charge in [0, 0.05) is 25.7 Å². The number of rotatable bonds is 5. The Balaban J connectivity index is 2.30. The highest BCUT2D eigenvalue weighted by molar-refractivity contribution is 5.96. The summed E-state index contributed by atoms with van der Waals surface area (Å²) in [4.78, 5) is 24.2. The van der Waals surface area contributed by atoms with Crippen LogP contribution in [0.2, 0.25) is 0 Å². The number of nitro groups is 1. The van der Waals surface area contributed by atoms with Gasteiger partial charge in [-0.05, 0) is 18.2 Å². The van der Waals surface area contributed by atoms with Crippen molar-refractivity contribution in [3.8, 4) is 0 Å². The number of hydrogen-bond donors (Lipinski definition) is 1. The molecule has 0 aliphatic heterocycles. The second kappa shape index (κ2) is 7.42. The van der Waals surface area contributed by atoms with Crippen LogP contribution in [0.25, 0.3) is 0 Å². The molecule has 0 saturated carbocycles. The number of nitrogens with one attached hydrogen (secondary N) is 1. The number of hydrogen-bond acceptors (Lipinski definition) is 4. The lowest BCUT2D eigenvalue weighted by Crippen LogP contribution is -2.19. The first-order chi connectivity index (χ1) is 12.1. The van der Waals surface area contributed by atoms with E-state index >= 15 is 0 Å². The van der Waals surface area contributed by atoms with Crippen LogP contribution >= 0.6 is 0 Å². The lowest BCUT2D eigenvalue weighted by Gasteiger charge is -2.19. The van der Waals surface area contributed by atoms with Crippen LogP contribution in [-0.4, -0.2) is 24.9 Å². The number of anilines is 2. The molecule has 26 heavy (non-hydrogen) atoms. The summed E-state index contributed by atoms with van der Waals surface area (Å²) in [6.07, 6.45) is -4.89. The molecule has 2 rings (SSSR count). The molecule has 0 aromatic heterocycles. The fourth-order valence-electron chi connectivity index (χ4n) is 2.41. The first-order valence-electron chi connectivity index (χ1n) is 7.50. The van der Waals surface area contributed by atoms with E-state index in [1.54, 1.807) is 25.1 Å². The minimum atomic E-state index is -4.55. The highest BCUT2D eigenvalue weighted by atomic mass is 19.4. The van der Waals surface area contributed by atoms with E-state index in [9.17, 15) is 28.1 Å². The standard InChI is InChI=1S/C17H16F3N3O3/c1-22(2)15-8-7-12(17(18,19)20)10-13(15)21-16(24)9-11-5-3-4-6-14(11)23(25)26/h3-8,10H,9H2,1-2H3,(H,21,24). The first-order valence-corrected chi connectivity index (χ1v) is 7.50. The third-order valence-corrected chi connectivity index (χ3v) is 3.62. The largest absolute Gasteiger partial charge is 0.416 e. The predicted octanol–water partition coefficient (Wildman–Crippen LogP) is 3.86. The smallest absolute Gasteiger partial charge is 0.376 e. The zero-order valence-corrected chi connectivity index (χ0v) is 14.0. The third kappa shape index (κ3) is 4.50. The highest BCUT2D eigenvalue weighted by Crippen LogP contribution is 2.35. The van der Waals surface area contributed by atoms with E-state index in [1.807, 2.05) is 0 Å². The molecule has 0 heterocycles. The minimum absolute atomic E-state index is 0.0200. The number of alkyl halides is 3. The topological polar surface area (TPSA) is 75.5 Å². The van der Waals surface area contributed by atoms with Crippen molar-refractivity contribution < 1.29 is 22.9 Å². The molecule has 2 aromatic carbocycles. The average molecular weight is 367 g/mol. The van der Waals surface area contributed by atoms with Gasteiger partial charge in [0.05, 0.1) is 28.3 Å². The van der Waals surface area contributed by atoms with Crippen molar-refractivity contribution in [1.82, 2.24) is 0 Å². The van der Waals surface area contributed by atoms with Crippen molar-refractivity contribution in [2.24, 2.45) is 0 Å².